The van der Waals surface area contributed by atoms with Gasteiger partial charge in [-0.05, 0) is 24.3 Å². The van der Waals surface area contributed by atoms with Crippen molar-refractivity contribution in [3.8, 4) is 17.2 Å². The predicted octanol–water partition coefficient (Wildman–Crippen LogP) is 4.26. The number of rotatable bonds is 7. The molecule has 7 heteroatoms. The lowest BCUT2D eigenvalue weighted by Crippen LogP contribution is -2.01. The summed E-state index contributed by atoms with van der Waals surface area (Å²) in [7, 11) is 4.54. The van der Waals surface area contributed by atoms with Crippen molar-refractivity contribution in [2.75, 3.05) is 21.3 Å². The molecule has 2 aromatic rings. The van der Waals surface area contributed by atoms with E-state index in [1.807, 2.05) is 0 Å². The van der Waals surface area contributed by atoms with Crippen LogP contribution in [0.2, 0.25) is 5.02 Å². The van der Waals surface area contributed by atoms with Gasteiger partial charge in [-0.1, -0.05) is 17.7 Å². The van der Waals surface area contributed by atoms with E-state index in [-0.39, 0.29) is 11.6 Å². The lowest BCUT2D eigenvalue weighted by molar-refractivity contribution is -0.138. The van der Waals surface area contributed by atoms with E-state index in [9.17, 15) is 9.18 Å². The maximum absolute atomic E-state index is 13.0. The van der Waals surface area contributed by atoms with Gasteiger partial charge in [-0.25, -0.2) is 9.18 Å². The van der Waals surface area contributed by atoms with E-state index in [2.05, 4.69) is 0 Å². The van der Waals surface area contributed by atoms with Crippen LogP contribution in [-0.2, 0) is 16.1 Å². The van der Waals surface area contributed by atoms with E-state index in [1.165, 1.54) is 45.6 Å². The Labute approximate surface area is 155 Å². The summed E-state index contributed by atoms with van der Waals surface area (Å²) in [6.07, 6.45) is 2.79. The molecule has 0 amide bonds. The van der Waals surface area contributed by atoms with Crippen LogP contribution in [-0.4, -0.2) is 27.3 Å². The fraction of sp³-hybridized carbons (Fsp3) is 0.211. The van der Waals surface area contributed by atoms with Crippen LogP contribution in [0.5, 0.6) is 17.2 Å². The Bertz CT molecular complexity index is 820. The number of carbonyl (C=O) groups is 1. The van der Waals surface area contributed by atoms with Crippen LogP contribution in [0.1, 0.15) is 11.1 Å². The number of ether oxygens (including phenoxy) is 4. The molecule has 0 N–H and O–H groups in total. The molecule has 0 aliphatic carbocycles. The van der Waals surface area contributed by atoms with Gasteiger partial charge in [0.05, 0.1) is 26.4 Å². The summed E-state index contributed by atoms with van der Waals surface area (Å²) < 4.78 is 33.8. The summed E-state index contributed by atoms with van der Waals surface area (Å²) in [6, 6.07) is 7.21. The Morgan fingerprint density at radius 1 is 1.04 bits per heavy atom. The van der Waals surface area contributed by atoms with E-state index >= 15 is 0 Å². The number of benzene rings is 2. The van der Waals surface area contributed by atoms with Crippen LogP contribution in [0.4, 0.5) is 4.39 Å². The zero-order valence-corrected chi connectivity index (χ0v) is 15.3. The van der Waals surface area contributed by atoms with Crippen LogP contribution in [0.25, 0.3) is 6.08 Å². The van der Waals surface area contributed by atoms with Gasteiger partial charge in [0, 0.05) is 23.3 Å². The third kappa shape index (κ3) is 4.89. The first-order valence-electron chi connectivity index (χ1n) is 7.57. The van der Waals surface area contributed by atoms with Crippen molar-refractivity contribution < 1.29 is 28.1 Å². The van der Waals surface area contributed by atoms with E-state index < -0.39 is 11.8 Å². The second-order valence-corrected chi connectivity index (χ2v) is 5.53. The van der Waals surface area contributed by atoms with Crippen molar-refractivity contribution in [1.29, 1.82) is 0 Å². The van der Waals surface area contributed by atoms with E-state index in [4.69, 9.17) is 30.5 Å². The number of methoxy groups -OCH3 is 3. The van der Waals surface area contributed by atoms with Crippen LogP contribution in [0.3, 0.4) is 0 Å². The first kappa shape index (κ1) is 19.6. The molecule has 2 rings (SSSR count). The molecule has 0 aromatic heterocycles. The fourth-order valence-corrected chi connectivity index (χ4v) is 2.40. The molecule has 0 radical (unpaired) electrons. The quantitative estimate of drug-likeness (QED) is 0.530. The molecule has 0 bridgehead atoms. The first-order valence-corrected chi connectivity index (χ1v) is 7.95. The van der Waals surface area contributed by atoms with E-state index in [0.717, 1.165) is 6.07 Å². The molecule has 0 aliphatic heterocycles. The van der Waals surface area contributed by atoms with Crippen LogP contribution in [0, 0.1) is 5.82 Å². The molecule has 0 atom stereocenters. The molecular formula is C19H18ClFO5. The molecule has 138 valence electrons. The van der Waals surface area contributed by atoms with Gasteiger partial charge < -0.3 is 18.9 Å². The van der Waals surface area contributed by atoms with Gasteiger partial charge in [0.15, 0.2) is 11.5 Å². The highest BCUT2D eigenvalue weighted by Crippen LogP contribution is 2.35. The molecular weight excluding hydrogens is 363 g/mol. The van der Waals surface area contributed by atoms with Crippen molar-refractivity contribution in [3.63, 3.8) is 0 Å². The zero-order valence-electron chi connectivity index (χ0n) is 14.5. The lowest BCUT2D eigenvalue weighted by Gasteiger charge is -2.12. The molecule has 0 saturated heterocycles. The molecule has 0 saturated carbocycles. The Balaban J connectivity index is 2.09. The molecule has 0 heterocycles. The van der Waals surface area contributed by atoms with Crippen LogP contribution < -0.4 is 14.2 Å². The van der Waals surface area contributed by atoms with Crippen molar-refractivity contribution in [2.24, 2.45) is 0 Å². The standard InChI is InChI=1S/C19H18ClFO5/c1-23-16-10-18(25-3)17(24-2)8-12(16)5-7-19(22)26-11-13-4-6-14(21)9-15(13)20/h4-10H,11H2,1-3H3/b7-5+. The first-order chi connectivity index (χ1) is 12.5. The minimum absolute atomic E-state index is 0.0641. The average Bonchev–Trinajstić information content (AvgIpc) is 2.64. The van der Waals surface area contributed by atoms with Gasteiger partial charge in [-0.15, -0.1) is 0 Å². The Hall–Kier alpha value is -2.73. The van der Waals surface area contributed by atoms with E-state index in [0.29, 0.717) is 28.4 Å². The van der Waals surface area contributed by atoms with Crippen molar-refractivity contribution in [2.45, 2.75) is 6.61 Å². The van der Waals surface area contributed by atoms with Gasteiger partial charge in [0.2, 0.25) is 0 Å². The Morgan fingerprint density at radius 3 is 2.31 bits per heavy atom. The van der Waals surface area contributed by atoms with Gasteiger partial charge in [0.1, 0.15) is 18.2 Å². The summed E-state index contributed by atoms with van der Waals surface area (Å²) >= 11 is 5.90. The van der Waals surface area contributed by atoms with Crippen LogP contribution >= 0.6 is 11.6 Å². The minimum atomic E-state index is -0.581. The third-order valence-corrected chi connectivity index (χ3v) is 3.87. The maximum atomic E-state index is 13.0. The Morgan fingerprint density at radius 2 is 1.69 bits per heavy atom. The SMILES string of the molecule is COc1cc(OC)c(OC)cc1/C=C/C(=O)OCc1ccc(F)cc1Cl. The predicted molar refractivity (Wildman–Crippen MR) is 96.3 cm³/mol. The summed E-state index contributed by atoms with van der Waals surface area (Å²) in [6.45, 7) is -0.0641. The highest BCUT2D eigenvalue weighted by Gasteiger charge is 2.11. The summed E-state index contributed by atoms with van der Waals surface area (Å²) in [5, 5.41) is 0.198. The summed E-state index contributed by atoms with van der Waals surface area (Å²) in [5.41, 5.74) is 1.13. The maximum Gasteiger partial charge on any atom is 0.331 e. The highest BCUT2D eigenvalue weighted by molar-refractivity contribution is 6.31. The monoisotopic (exact) mass is 380 g/mol. The number of esters is 1. The number of carbonyl (C=O) groups excluding carboxylic acids is 1. The molecule has 26 heavy (non-hydrogen) atoms. The summed E-state index contributed by atoms with van der Waals surface area (Å²) in [4.78, 5) is 11.9. The zero-order chi connectivity index (χ0) is 19.1. The molecule has 0 spiro atoms. The summed E-state index contributed by atoms with van der Waals surface area (Å²) in [5.74, 6) is 0.482. The van der Waals surface area contributed by atoms with Gasteiger partial charge in [0.25, 0.3) is 0 Å². The van der Waals surface area contributed by atoms with Crippen LogP contribution in [0.15, 0.2) is 36.4 Å². The number of halogens is 2. The molecule has 5 nitrogen and oxygen atoms in total. The molecule has 0 fully saturated rings. The molecule has 2 aromatic carbocycles. The number of hydrogen-bond acceptors (Lipinski definition) is 5. The minimum Gasteiger partial charge on any atom is -0.496 e. The molecule has 0 unspecified atom stereocenters. The number of hydrogen-bond donors (Lipinski definition) is 0. The second kappa shape index (κ2) is 9.10. The smallest absolute Gasteiger partial charge is 0.331 e. The van der Waals surface area contributed by atoms with Gasteiger partial charge in [-0.2, -0.15) is 0 Å². The third-order valence-electron chi connectivity index (χ3n) is 3.52. The van der Waals surface area contributed by atoms with Gasteiger partial charge >= 0.3 is 5.97 Å². The fourth-order valence-electron chi connectivity index (χ4n) is 2.18. The van der Waals surface area contributed by atoms with Crippen molar-refractivity contribution >= 4 is 23.6 Å². The Kier molecular flexibility index (Phi) is 6.86. The second-order valence-electron chi connectivity index (χ2n) is 5.13. The normalized spacial score (nSPS) is 10.7. The lowest BCUT2D eigenvalue weighted by atomic mass is 10.1. The average molecular weight is 381 g/mol. The molecule has 0 aliphatic rings. The largest absolute Gasteiger partial charge is 0.496 e. The van der Waals surface area contributed by atoms with Crippen molar-refractivity contribution in [1.82, 2.24) is 0 Å². The van der Waals surface area contributed by atoms with Gasteiger partial charge in [-0.3, -0.25) is 0 Å². The topological polar surface area (TPSA) is 54.0 Å². The highest BCUT2D eigenvalue weighted by atomic mass is 35.5. The van der Waals surface area contributed by atoms with E-state index in [1.54, 1.807) is 12.1 Å². The van der Waals surface area contributed by atoms with Crippen molar-refractivity contribution in [3.05, 3.63) is 58.4 Å².